The first-order valence-electron chi connectivity index (χ1n) is 9.60. The number of rotatable bonds is 6. The molecule has 3 fully saturated rings. The molecule has 2 aliphatic heterocycles. The maximum atomic E-state index is 12.6. The second-order valence-electron chi connectivity index (χ2n) is 8.74. The zero-order valence-corrected chi connectivity index (χ0v) is 17.4. The summed E-state index contributed by atoms with van der Waals surface area (Å²) in [6, 6.07) is 0. The summed E-state index contributed by atoms with van der Waals surface area (Å²) >= 11 is 0. The highest BCUT2D eigenvalue weighted by molar-refractivity contribution is 5.90. The van der Waals surface area contributed by atoms with Gasteiger partial charge in [-0.05, 0) is 19.4 Å². The monoisotopic (exact) mass is 422 g/mol. The molecular formula is C21H26O9. The lowest BCUT2D eigenvalue weighted by molar-refractivity contribution is -0.237. The van der Waals surface area contributed by atoms with E-state index in [-0.39, 0.29) is 11.1 Å². The van der Waals surface area contributed by atoms with E-state index in [4.69, 9.17) is 18.9 Å². The minimum atomic E-state index is -1.84. The van der Waals surface area contributed by atoms with E-state index >= 15 is 0 Å². The van der Waals surface area contributed by atoms with E-state index in [0.717, 1.165) is 0 Å². The van der Waals surface area contributed by atoms with Crippen LogP contribution in [0.1, 0.15) is 27.7 Å². The second-order valence-corrected chi connectivity index (χ2v) is 8.74. The van der Waals surface area contributed by atoms with Gasteiger partial charge in [0.15, 0.2) is 5.60 Å². The first kappa shape index (κ1) is 22.2. The van der Waals surface area contributed by atoms with Crippen LogP contribution in [0.2, 0.25) is 0 Å². The van der Waals surface area contributed by atoms with Gasteiger partial charge in [-0.1, -0.05) is 20.1 Å². The van der Waals surface area contributed by atoms with Gasteiger partial charge in [-0.2, -0.15) is 0 Å². The predicted octanol–water partition coefficient (Wildman–Crippen LogP) is 0.489. The van der Waals surface area contributed by atoms with E-state index in [9.17, 15) is 24.3 Å². The summed E-state index contributed by atoms with van der Waals surface area (Å²) in [6.45, 7) is 13.3. The van der Waals surface area contributed by atoms with Gasteiger partial charge in [0.05, 0.1) is 18.6 Å². The van der Waals surface area contributed by atoms with Gasteiger partial charge in [-0.25, -0.2) is 9.59 Å². The van der Waals surface area contributed by atoms with Gasteiger partial charge in [-0.15, -0.1) is 0 Å². The molecule has 2 heterocycles. The third-order valence-electron chi connectivity index (χ3n) is 6.14. The normalized spacial score (nSPS) is 37.6. The molecule has 0 aromatic rings. The standard InChI is InChI=1S/C21H26O9/c1-9(7-22)14-15(29-19(25)20(4,5)26)13-10(2)18(24)30-17(16(13)28-11(3)23)21(14,6)12-8-27-12/h7,12-17,26H,1-2,8H2,3-6H3/t12-,13-,14-,15-,16-,17-,21+/m1/s1. The molecule has 1 aliphatic carbocycles. The van der Waals surface area contributed by atoms with Gasteiger partial charge >= 0.3 is 17.9 Å². The molecular weight excluding hydrogens is 396 g/mol. The predicted molar refractivity (Wildman–Crippen MR) is 101 cm³/mol. The Morgan fingerprint density at radius 1 is 1.30 bits per heavy atom. The molecule has 0 spiro atoms. The van der Waals surface area contributed by atoms with Crippen LogP contribution in [0.5, 0.6) is 0 Å². The third kappa shape index (κ3) is 3.45. The molecule has 0 aromatic heterocycles. The Morgan fingerprint density at radius 3 is 2.37 bits per heavy atom. The van der Waals surface area contributed by atoms with Crippen LogP contribution in [0.4, 0.5) is 0 Å². The molecule has 1 saturated carbocycles. The van der Waals surface area contributed by atoms with Crippen molar-refractivity contribution in [2.45, 2.75) is 57.7 Å². The summed E-state index contributed by atoms with van der Waals surface area (Å²) in [5.74, 6) is -4.14. The number of aliphatic hydroxyl groups is 1. The Morgan fingerprint density at radius 2 is 1.90 bits per heavy atom. The summed E-state index contributed by atoms with van der Waals surface area (Å²) in [7, 11) is 0. The highest BCUT2D eigenvalue weighted by Gasteiger charge is 2.70. The fourth-order valence-electron chi connectivity index (χ4n) is 4.60. The van der Waals surface area contributed by atoms with Crippen molar-refractivity contribution in [1.29, 1.82) is 0 Å². The van der Waals surface area contributed by atoms with Crippen LogP contribution in [-0.2, 0) is 38.1 Å². The van der Waals surface area contributed by atoms with Crippen molar-refractivity contribution in [3.63, 3.8) is 0 Å². The molecule has 0 aromatic carbocycles. The zero-order valence-electron chi connectivity index (χ0n) is 17.4. The van der Waals surface area contributed by atoms with E-state index in [1.807, 2.05) is 0 Å². The highest BCUT2D eigenvalue weighted by Crippen LogP contribution is 2.58. The number of carbonyl (C=O) groups is 4. The second kappa shape index (κ2) is 7.31. The van der Waals surface area contributed by atoms with E-state index in [0.29, 0.717) is 12.9 Å². The minimum Gasteiger partial charge on any atom is -0.459 e. The summed E-state index contributed by atoms with van der Waals surface area (Å²) < 4.78 is 22.3. The lowest BCUT2D eigenvalue weighted by Gasteiger charge is -2.57. The number of hydrogen-bond acceptors (Lipinski definition) is 9. The number of hydrogen-bond donors (Lipinski definition) is 1. The van der Waals surface area contributed by atoms with Crippen molar-refractivity contribution < 1.29 is 43.2 Å². The lowest BCUT2D eigenvalue weighted by atomic mass is 9.54. The van der Waals surface area contributed by atoms with E-state index in [1.54, 1.807) is 6.92 Å². The summed E-state index contributed by atoms with van der Waals surface area (Å²) in [6.07, 6.45) is -3.07. The Kier molecular flexibility index (Phi) is 5.41. The highest BCUT2D eigenvalue weighted by atomic mass is 16.6. The van der Waals surface area contributed by atoms with Crippen LogP contribution in [0, 0.1) is 17.3 Å². The molecule has 1 N–H and O–H groups in total. The van der Waals surface area contributed by atoms with Gasteiger partial charge in [0.2, 0.25) is 0 Å². The van der Waals surface area contributed by atoms with E-state index in [2.05, 4.69) is 13.2 Å². The molecule has 164 valence electrons. The first-order chi connectivity index (χ1) is 13.8. The minimum absolute atomic E-state index is 0.0616. The molecule has 30 heavy (non-hydrogen) atoms. The van der Waals surface area contributed by atoms with Gasteiger partial charge in [-0.3, -0.25) is 9.59 Å². The number of fused-ring (bicyclic) bond motifs is 2. The molecule has 9 nitrogen and oxygen atoms in total. The average Bonchev–Trinajstić information content (AvgIpc) is 3.47. The zero-order chi connectivity index (χ0) is 22.6. The van der Waals surface area contributed by atoms with Gasteiger partial charge in [0, 0.05) is 23.8 Å². The summed E-state index contributed by atoms with van der Waals surface area (Å²) in [4.78, 5) is 48.7. The molecule has 2 bridgehead atoms. The molecule has 0 radical (unpaired) electrons. The molecule has 2 saturated heterocycles. The summed E-state index contributed by atoms with van der Waals surface area (Å²) in [5, 5.41) is 10.1. The molecule has 0 amide bonds. The van der Waals surface area contributed by atoms with Gasteiger partial charge in [0.25, 0.3) is 0 Å². The average molecular weight is 422 g/mol. The van der Waals surface area contributed by atoms with Crippen molar-refractivity contribution in [2.24, 2.45) is 17.3 Å². The smallest absolute Gasteiger partial charge is 0.337 e. The van der Waals surface area contributed by atoms with Crippen LogP contribution < -0.4 is 0 Å². The maximum Gasteiger partial charge on any atom is 0.337 e. The fraction of sp³-hybridized carbons (Fsp3) is 0.619. The van der Waals surface area contributed by atoms with E-state index < -0.39 is 65.2 Å². The maximum absolute atomic E-state index is 12.6. The van der Waals surface area contributed by atoms with Crippen LogP contribution in [0.3, 0.4) is 0 Å². The Hall–Kier alpha value is -2.52. The number of carbonyl (C=O) groups excluding carboxylic acids is 4. The first-order valence-corrected chi connectivity index (χ1v) is 9.60. The van der Waals surface area contributed by atoms with Crippen molar-refractivity contribution in [3.8, 4) is 0 Å². The third-order valence-corrected chi connectivity index (χ3v) is 6.14. The van der Waals surface area contributed by atoms with Crippen LogP contribution in [-0.4, -0.2) is 65.9 Å². The number of aldehydes is 1. The van der Waals surface area contributed by atoms with Crippen molar-refractivity contribution >= 4 is 24.2 Å². The van der Waals surface area contributed by atoms with Crippen LogP contribution in [0.25, 0.3) is 0 Å². The van der Waals surface area contributed by atoms with Gasteiger partial charge in [0.1, 0.15) is 24.6 Å². The van der Waals surface area contributed by atoms with E-state index in [1.165, 1.54) is 20.8 Å². The quantitative estimate of drug-likeness (QED) is 0.214. The van der Waals surface area contributed by atoms with Gasteiger partial charge < -0.3 is 24.1 Å². The number of esters is 3. The number of epoxide rings is 1. The van der Waals surface area contributed by atoms with Crippen molar-refractivity contribution in [3.05, 3.63) is 24.3 Å². The Bertz CT molecular complexity index is 819. The Balaban J connectivity index is 2.19. The van der Waals surface area contributed by atoms with Crippen molar-refractivity contribution in [2.75, 3.05) is 6.61 Å². The largest absolute Gasteiger partial charge is 0.459 e. The SMILES string of the molecule is C=C1C(=O)O[C@@H]2[C@H](OC(C)=O)[C@H]1[C@@H](OC(=O)C(C)(C)O)[C@@H](C(=C)C=O)[C@]2(C)[C@H]1CO1. The molecule has 3 rings (SSSR count). The van der Waals surface area contributed by atoms with Crippen molar-refractivity contribution in [1.82, 2.24) is 0 Å². The Labute approximate surface area is 174 Å². The van der Waals surface area contributed by atoms with Crippen LogP contribution in [0.15, 0.2) is 24.3 Å². The van der Waals surface area contributed by atoms with Crippen LogP contribution >= 0.6 is 0 Å². The topological polar surface area (TPSA) is 129 Å². The molecule has 9 heteroatoms. The molecule has 7 atom stereocenters. The fourth-order valence-corrected chi connectivity index (χ4v) is 4.60. The summed E-state index contributed by atoms with van der Waals surface area (Å²) in [5.41, 5.74) is -2.89. The molecule has 0 unspecified atom stereocenters. The molecule has 3 aliphatic rings. The lowest BCUT2D eigenvalue weighted by Crippen LogP contribution is -2.69. The number of ether oxygens (including phenoxy) is 4.